The molecule has 0 radical (unpaired) electrons. The number of ketones is 1. The summed E-state index contributed by atoms with van der Waals surface area (Å²) in [6.07, 6.45) is 6.64. The highest BCUT2D eigenvalue weighted by Gasteiger charge is 2.41. The van der Waals surface area contributed by atoms with Crippen molar-refractivity contribution in [2.45, 2.75) is 29.5 Å². The molecule has 2 aliphatic rings. The molecule has 5 rings (SSSR count). The zero-order valence-electron chi connectivity index (χ0n) is 18.2. The lowest BCUT2D eigenvalue weighted by molar-refractivity contribution is -0.116. The van der Waals surface area contributed by atoms with E-state index < -0.39 is 5.92 Å². The number of amides is 1. The lowest BCUT2D eigenvalue weighted by Gasteiger charge is -2.37. The van der Waals surface area contributed by atoms with Crippen molar-refractivity contribution in [2.75, 3.05) is 16.0 Å². The van der Waals surface area contributed by atoms with Crippen LogP contribution in [0.15, 0.2) is 63.1 Å². The maximum atomic E-state index is 13.1. The topological polar surface area (TPSA) is 151 Å². The van der Waals surface area contributed by atoms with Crippen molar-refractivity contribution in [3.8, 4) is 6.07 Å². The number of nitrogens with one attached hydrogen (secondary N) is 1. The summed E-state index contributed by atoms with van der Waals surface area (Å²) in [5, 5.41) is 24.0. The Morgan fingerprint density at radius 1 is 1.34 bits per heavy atom. The van der Waals surface area contributed by atoms with Gasteiger partial charge in [-0.05, 0) is 24.5 Å². The third kappa shape index (κ3) is 4.55. The number of hydrogen-bond donors (Lipinski definition) is 2. The standard InChI is InChI=1S/C22H18N8O2S3/c23-9-13-17(12-3-2-6-25-10-12)18-14(4-1-5-15(18)31)30(19(13)24)21-28-29-22(35-21)34-11-16(32)27-20-26-7-8-33-20/h2-3,6-8,10,17H,1,4-5,11,24H2,(H,26,27,32). The van der Waals surface area contributed by atoms with Gasteiger partial charge in [0.2, 0.25) is 11.0 Å². The Morgan fingerprint density at radius 2 is 2.23 bits per heavy atom. The van der Waals surface area contributed by atoms with E-state index in [1.54, 1.807) is 34.9 Å². The highest BCUT2D eigenvalue weighted by atomic mass is 32.2. The van der Waals surface area contributed by atoms with E-state index in [1.807, 2.05) is 6.07 Å². The number of thioether (sulfide) groups is 1. The van der Waals surface area contributed by atoms with Crippen molar-refractivity contribution < 1.29 is 9.59 Å². The predicted molar refractivity (Wildman–Crippen MR) is 134 cm³/mol. The van der Waals surface area contributed by atoms with Gasteiger partial charge in [-0.2, -0.15) is 5.26 Å². The van der Waals surface area contributed by atoms with E-state index in [0.29, 0.717) is 39.4 Å². The number of nitrogens with two attached hydrogens (primary N) is 1. The van der Waals surface area contributed by atoms with E-state index in [-0.39, 0.29) is 28.8 Å². The van der Waals surface area contributed by atoms with Crippen molar-refractivity contribution in [1.29, 1.82) is 5.26 Å². The van der Waals surface area contributed by atoms with Crippen LogP contribution in [-0.2, 0) is 9.59 Å². The zero-order valence-corrected chi connectivity index (χ0v) is 20.6. The van der Waals surface area contributed by atoms with E-state index >= 15 is 0 Å². The fourth-order valence-electron chi connectivity index (χ4n) is 4.10. The molecule has 0 fully saturated rings. The number of rotatable bonds is 6. The molecule has 35 heavy (non-hydrogen) atoms. The Kier molecular flexibility index (Phi) is 6.58. The Balaban J connectivity index is 1.45. The second-order valence-corrected chi connectivity index (χ2v) is 10.7. The van der Waals surface area contributed by atoms with E-state index in [2.05, 4.69) is 31.6 Å². The quantitative estimate of drug-likeness (QED) is 0.461. The largest absolute Gasteiger partial charge is 0.384 e. The number of aromatic nitrogens is 4. The molecule has 1 unspecified atom stereocenters. The fourth-order valence-corrected chi connectivity index (χ4v) is 6.33. The second kappa shape index (κ2) is 9.95. The number of carbonyl (C=O) groups is 2. The van der Waals surface area contributed by atoms with Gasteiger partial charge in [-0.25, -0.2) is 4.98 Å². The SMILES string of the molecule is N#CC1=C(N)N(c2nnc(SCC(=O)Nc3nccs3)s2)C2=C(C(=O)CCC2)C1c1cccnc1. The van der Waals surface area contributed by atoms with E-state index in [1.165, 1.54) is 34.4 Å². The van der Waals surface area contributed by atoms with Crippen LogP contribution in [0.2, 0.25) is 0 Å². The third-order valence-electron chi connectivity index (χ3n) is 5.52. The molecule has 1 atom stereocenters. The Morgan fingerprint density at radius 3 is 2.97 bits per heavy atom. The van der Waals surface area contributed by atoms with Gasteiger partial charge in [0.1, 0.15) is 5.82 Å². The number of carbonyl (C=O) groups excluding carboxylic acids is 2. The number of pyridine rings is 1. The lowest BCUT2D eigenvalue weighted by atomic mass is 9.76. The van der Waals surface area contributed by atoms with Crippen molar-refractivity contribution in [3.05, 3.63) is 64.3 Å². The second-order valence-electron chi connectivity index (χ2n) is 7.63. The van der Waals surface area contributed by atoms with Gasteiger partial charge in [0.25, 0.3) is 0 Å². The highest BCUT2D eigenvalue weighted by Crippen LogP contribution is 2.46. The summed E-state index contributed by atoms with van der Waals surface area (Å²) in [6, 6.07) is 5.84. The van der Waals surface area contributed by atoms with Crippen molar-refractivity contribution in [2.24, 2.45) is 5.73 Å². The van der Waals surface area contributed by atoms with Crippen LogP contribution in [-0.4, -0.2) is 37.6 Å². The molecule has 4 heterocycles. The van der Waals surface area contributed by atoms with Gasteiger partial charge in [0.05, 0.1) is 23.3 Å². The van der Waals surface area contributed by atoms with Crippen LogP contribution in [0, 0.1) is 11.3 Å². The van der Waals surface area contributed by atoms with Crippen molar-refractivity contribution in [1.82, 2.24) is 20.2 Å². The summed E-state index contributed by atoms with van der Waals surface area (Å²) in [5.74, 6) is -0.414. The maximum absolute atomic E-state index is 13.1. The number of hydrogen-bond acceptors (Lipinski definition) is 12. The first kappa shape index (κ1) is 23.2. The predicted octanol–water partition coefficient (Wildman–Crippen LogP) is 3.43. The zero-order chi connectivity index (χ0) is 24.4. The van der Waals surface area contributed by atoms with Gasteiger partial charge < -0.3 is 11.1 Å². The summed E-state index contributed by atoms with van der Waals surface area (Å²) in [4.78, 5) is 35.2. The minimum atomic E-state index is -0.566. The normalized spacial score (nSPS) is 17.9. The number of thiazole rings is 1. The fraction of sp³-hybridized carbons (Fsp3) is 0.227. The summed E-state index contributed by atoms with van der Waals surface area (Å²) in [7, 11) is 0. The summed E-state index contributed by atoms with van der Waals surface area (Å²) >= 11 is 3.83. The van der Waals surface area contributed by atoms with Crippen LogP contribution in [0.5, 0.6) is 0 Å². The first-order chi connectivity index (χ1) is 17.1. The van der Waals surface area contributed by atoms with Crippen LogP contribution in [0.1, 0.15) is 30.7 Å². The number of anilines is 2. The van der Waals surface area contributed by atoms with Crippen LogP contribution in [0.3, 0.4) is 0 Å². The van der Waals surface area contributed by atoms with Gasteiger partial charge in [-0.15, -0.1) is 21.5 Å². The minimum Gasteiger partial charge on any atom is -0.384 e. The molecule has 0 aromatic carbocycles. The molecular weight excluding hydrogens is 504 g/mol. The van der Waals surface area contributed by atoms with Crippen molar-refractivity contribution >= 4 is 56.4 Å². The average Bonchev–Trinajstić information content (AvgIpc) is 3.55. The molecule has 1 aliphatic carbocycles. The minimum absolute atomic E-state index is 0.0108. The van der Waals surface area contributed by atoms with E-state index in [4.69, 9.17) is 5.73 Å². The van der Waals surface area contributed by atoms with E-state index in [0.717, 1.165) is 11.3 Å². The Hall–Kier alpha value is -3.60. The highest BCUT2D eigenvalue weighted by molar-refractivity contribution is 8.01. The maximum Gasteiger partial charge on any atom is 0.236 e. The first-order valence-corrected chi connectivity index (χ1v) is 13.3. The van der Waals surface area contributed by atoms with E-state index in [9.17, 15) is 14.9 Å². The Labute approximate surface area is 212 Å². The molecule has 176 valence electrons. The number of allylic oxidation sites excluding steroid dienone is 3. The molecule has 0 saturated heterocycles. The Bertz CT molecular complexity index is 1380. The molecule has 0 spiro atoms. The molecule has 10 nitrogen and oxygen atoms in total. The number of nitriles is 1. The smallest absolute Gasteiger partial charge is 0.236 e. The van der Waals surface area contributed by atoms with Gasteiger partial charge in [-0.3, -0.25) is 19.5 Å². The molecule has 13 heteroatoms. The summed E-state index contributed by atoms with van der Waals surface area (Å²) in [5.41, 5.74) is 8.85. The molecule has 3 aromatic rings. The first-order valence-electron chi connectivity index (χ1n) is 10.6. The average molecular weight is 523 g/mol. The van der Waals surface area contributed by atoms with Gasteiger partial charge in [0.15, 0.2) is 15.3 Å². The molecule has 1 aliphatic heterocycles. The number of Topliss-reactive ketones (excluding diaryl/α,β-unsaturated/α-hetero) is 1. The monoisotopic (exact) mass is 522 g/mol. The lowest BCUT2D eigenvalue weighted by Crippen LogP contribution is -2.38. The van der Waals surface area contributed by atoms with Gasteiger partial charge >= 0.3 is 0 Å². The molecule has 3 N–H and O–H groups in total. The molecule has 1 amide bonds. The molecule has 0 bridgehead atoms. The molecular formula is C22H18N8O2S3. The van der Waals surface area contributed by atoms with Crippen LogP contribution < -0.4 is 16.0 Å². The van der Waals surface area contributed by atoms with Crippen LogP contribution >= 0.6 is 34.4 Å². The van der Waals surface area contributed by atoms with Crippen LogP contribution in [0.4, 0.5) is 10.3 Å². The number of nitrogens with zero attached hydrogens (tertiary/aromatic N) is 6. The third-order valence-corrected chi connectivity index (χ3v) is 8.25. The van der Waals surface area contributed by atoms with Gasteiger partial charge in [-0.1, -0.05) is 29.2 Å². The van der Waals surface area contributed by atoms with Gasteiger partial charge in [0, 0.05) is 41.7 Å². The summed E-state index contributed by atoms with van der Waals surface area (Å²) < 4.78 is 0.569. The van der Waals surface area contributed by atoms with Crippen molar-refractivity contribution in [3.63, 3.8) is 0 Å². The molecule has 3 aromatic heterocycles. The molecule has 0 saturated carbocycles. The van der Waals surface area contributed by atoms with Crippen LogP contribution in [0.25, 0.3) is 0 Å². The summed E-state index contributed by atoms with van der Waals surface area (Å²) in [6.45, 7) is 0.